The summed E-state index contributed by atoms with van der Waals surface area (Å²) in [6, 6.07) is 4.72. The van der Waals surface area contributed by atoms with Gasteiger partial charge in [0, 0.05) is 6.07 Å². The van der Waals surface area contributed by atoms with Gasteiger partial charge in [-0.25, -0.2) is 0 Å². The molecule has 0 radical (unpaired) electrons. The molecule has 1 unspecified atom stereocenters. The fraction of sp³-hybridized carbons (Fsp3) is 0.636. The molecule has 1 aliphatic rings. The van der Waals surface area contributed by atoms with Crippen LogP contribution in [0, 0.1) is 11.8 Å². The van der Waals surface area contributed by atoms with E-state index in [0.29, 0.717) is 0 Å². The van der Waals surface area contributed by atoms with E-state index in [9.17, 15) is 0 Å². The summed E-state index contributed by atoms with van der Waals surface area (Å²) in [6.07, 6.45) is 9.61. The van der Waals surface area contributed by atoms with Gasteiger partial charge in [0.05, 0.1) is 0 Å². The predicted octanol–water partition coefficient (Wildman–Crippen LogP) is 6.86. The van der Waals surface area contributed by atoms with Crippen molar-refractivity contribution in [2.45, 2.75) is 80.1 Å². The molecule has 1 aromatic carbocycles. The van der Waals surface area contributed by atoms with E-state index in [1.165, 1.54) is 25.3 Å². The number of hydrogen-bond acceptors (Lipinski definition) is 2. The molecule has 0 fully saturated rings. The SMILES string of the molecule is CC.CC1=CCC(C(C)C)CC1.CCCCc1cc(O)cc(O)c1. The van der Waals surface area contributed by atoms with Gasteiger partial charge >= 0.3 is 0 Å². The van der Waals surface area contributed by atoms with Gasteiger partial charge in [-0.15, -0.1) is 0 Å². The Morgan fingerprint density at radius 1 is 1.08 bits per heavy atom. The fourth-order valence-electron chi connectivity index (χ4n) is 2.77. The van der Waals surface area contributed by atoms with Crippen LogP contribution in [0.1, 0.15) is 79.2 Å². The van der Waals surface area contributed by atoms with Crippen LogP contribution in [-0.2, 0) is 6.42 Å². The molecule has 0 amide bonds. The Balaban J connectivity index is 0.000000405. The van der Waals surface area contributed by atoms with Crippen LogP contribution in [0.25, 0.3) is 0 Å². The summed E-state index contributed by atoms with van der Waals surface area (Å²) in [5.41, 5.74) is 2.59. The van der Waals surface area contributed by atoms with Gasteiger partial charge in [-0.3, -0.25) is 0 Å². The molecule has 2 nitrogen and oxygen atoms in total. The van der Waals surface area contributed by atoms with Crippen molar-refractivity contribution in [3.8, 4) is 11.5 Å². The smallest absolute Gasteiger partial charge is 0.119 e. The van der Waals surface area contributed by atoms with Crippen molar-refractivity contribution in [1.82, 2.24) is 0 Å². The molecule has 0 aliphatic heterocycles. The molecule has 2 N–H and O–H groups in total. The monoisotopic (exact) mass is 334 g/mol. The second-order valence-electron chi connectivity index (χ2n) is 6.79. The molecule has 1 atom stereocenters. The second-order valence-corrected chi connectivity index (χ2v) is 6.79. The molecule has 1 aliphatic carbocycles. The number of aryl methyl sites for hydroxylation is 1. The van der Waals surface area contributed by atoms with Crippen LogP contribution in [0.3, 0.4) is 0 Å². The van der Waals surface area contributed by atoms with E-state index in [1.807, 2.05) is 13.8 Å². The molecule has 0 bridgehead atoms. The van der Waals surface area contributed by atoms with Gasteiger partial charge in [-0.2, -0.15) is 0 Å². The zero-order chi connectivity index (χ0) is 18.5. The van der Waals surface area contributed by atoms with Gasteiger partial charge in [0.25, 0.3) is 0 Å². The maximum atomic E-state index is 9.13. The zero-order valence-corrected chi connectivity index (χ0v) is 16.6. The van der Waals surface area contributed by atoms with Gasteiger partial charge < -0.3 is 10.2 Å². The number of benzene rings is 1. The van der Waals surface area contributed by atoms with E-state index < -0.39 is 0 Å². The molecule has 138 valence electrons. The number of phenols is 2. The van der Waals surface area contributed by atoms with Crippen LogP contribution in [0.5, 0.6) is 11.5 Å². The molecule has 0 aromatic heterocycles. The van der Waals surface area contributed by atoms with Crippen molar-refractivity contribution < 1.29 is 10.2 Å². The fourth-order valence-corrected chi connectivity index (χ4v) is 2.77. The highest BCUT2D eigenvalue weighted by atomic mass is 16.3. The van der Waals surface area contributed by atoms with Gasteiger partial charge in [0.2, 0.25) is 0 Å². The number of phenolic OH excluding ortho intramolecular Hbond substituents is 2. The minimum absolute atomic E-state index is 0.140. The lowest BCUT2D eigenvalue weighted by Gasteiger charge is -2.23. The lowest BCUT2D eigenvalue weighted by molar-refractivity contribution is 0.350. The Bertz CT molecular complexity index is 455. The first kappa shape index (κ1) is 22.6. The third kappa shape index (κ3) is 9.64. The van der Waals surface area contributed by atoms with Crippen LogP contribution in [0.2, 0.25) is 0 Å². The third-order valence-electron chi connectivity index (χ3n) is 4.40. The van der Waals surface area contributed by atoms with Crippen molar-refractivity contribution in [3.05, 3.63) is 35.4 Å². The van der Waals surface area contributed by atoms with Crippen molar-refractivity contribution in [2.75, 3.05) is 0 Å². The quantitative estimate of drug-likeness (QED) is 0.591. The largest absolute Gasteiger partial charge is 0.508 e. The summed E-state index contributed by atoms with van der Waals surface area (Å²) in [7, 11) is 0. The number of aromatic hydroxyl groups is 2. The lowest BCUT2D eigenvalue weighted by atomic mass is 9.83. The van der Waals surface area contributed by atoms with Crippen LogP contribution in [0.15, 0.2) is 29.8 Å². The standard InChI is InChI=1S/C10H14O2.C10H18.C2H6/c1-2-3-4-8-5-9(11)7-10(12)6-8;1-8(2)10-6-4-9(3)5-7-10;1-2/h5-7,11-12H,2-4H2,1H3;4,8,10H,5-7H2,1-3H3;1-2H3. The minimum atomic E-state index is 0.140. The molecule has 2 rings (SSSR count). The summed E-state index contributed by atoms with van der Waals surface area (Å²) in [5, 5.41) is 18.3. The Labute approximate surface area is 149 Å². The first-order chi connectivity index (χ1) is 11.4. The van der Waals surface area contributed by atoms with Crippen LogP contribution in [-0.4, -0.2) is 10.2 Å². The molecule has 2 heteroatoms. The van der Waals surface area contributed by atoms with E-state index >= 15 is 0 Å². The van der Waals surface area contributed by atoms with Crippen molar-refractivity contribution in [2.24, 2.45) is 11.8 Å². The van der Waals surface area contributed by atoms with Crippen LogP contribution in [0.4, 0.5) is 0 Å². The van der Waals surface area contributed by atoms with E-state index in [-0.39, 0.29) is 11.5 Å². The van der Waals surface area contributed by atoms with E-state index in [4.69, 9.17) is 10.2 Å². The summed E-state index contributed by atoms with van der Waals surface area (Å²) in [5.74, 6) is 2.12. The average molecular weight is 335 g/mol. The molecule has 0 saturated heterocycles. The first-order valence-electron chi connectivity index (χ1n) is 9.59. The van der Waals surface area contributed by atoms with Gasteiger partial charge in [0.1, 0.15) is 11.5 Å². The van der Waals surface area contributed by atoms with Gasteiger partial charge in [-0.05, 0) is 68.6 Å². The molecule has 0 spiro atoms. The molecular formula is C22H38O2. The second kappa shape index (κ2) is 12.9. The summed E-state index contributed by atoms with van der Waals surface area (Å²) >= 11 is 0. The Kier molecular flexibility index (Phi) is 12.1. The van der Waals surface area contributed by atoms with Crippen molar-refractivity contribution in [1.29, 1.82) is 0 Å². The highest BCUT2D eigenvalue weighted by Crippen LogP contribution is 2.28. The minimum Gasteiger partial charge on any atom is -0.508 e. The highest BCUT2D eigenvalue weighted by molar-refractivity contribution is 5.36. The molecule has 1 aromatic rings. The zero-order valence-electron chi connectivity index (χ0n) is 16.6. The van der Waals surface area contributed by atoms with Crippen LogP contribution >= 0.6 is 0 Å². The Hall–Kier alpha value is -1.44. The number of unbranched alkanes of at least 4 members (excludes halogenated alkanes) is 1. The third-order valence-corrected chi connectivity index (χ3v) is 4.40. The summed E-state index contributed by atoms with van der Waals surface area (Å²) in [6.45, 7) is 13.0. The maximum Gasteiger partial charge on any atom is 0.119 e. The number of hydrogen-bond donors (Lipinski definition) is 2. The molecule has 24 heavy (non-hydrogen) atoms. The lowest BCUT2D eigenvalue weighted by Crippen LogP contribution is -2.10. The predicted molar refractivity (Wildman–Crippen MR) is 106 cm³/mol. The summed E-state index contributed by atoms with van der Waals surface area (Å²) < 4.78 is 0. The van der Waals surface area contributed by atoms with E-state index in [1.54, 1.807) is 17.7 Å². The van der Waals surface area contributed by atoms with Gasteiger partial charge in [-0.1, -0.05) is 52.7 Å². The van der Waals surface area contributed by atoms with E-state index in [0.717, 1.165) is 36.7 Å². The number of rotatable bonds is 4. The van der Waals surface area contributed by atoms with Gasteiger partial charge in [0.15, 0.2) is 0 Å². The Morgan fingerprint density at radius 2 is 1.67 bits per heavy atom. The highest BCUT2D eigenvalue weighted by Gasteiger charge is 2.15. The van der Waals surface area contributed by atoms with Crippen LogP contribution < -0.4 is 0 Å². The average Bonchev–Trinajstić information content (AvgIpc) is 2.55. The topological polar surface area (TPSA) is 40.5 Å². The molecular weight excluding hydrogens is 296 g/mol. The first-order valence-corrected chi connectivity index (χ1v) is 9.59. The molecule has 0 heterocycles. The molecule has 0 saturated carbocycles. The van der Waals surface area contributed by atoms with Crippen molar-refractivity contribution >= 4 is 0 Å². The Morgan fingerprint density at radius 3 is 2.08 bits per heavy atom. The van der Waals surface area contributed by atoms with E-state index in [2.05, 4.69) is 33.8 Å². The normalized spacial score (nSPS) is 16.5. The van der Waals surface area contributed by atoms with Crippen molar-refractivity contribution in [3.63, 3.8) is 0 Å². The maximum absolute atomic E-state index is 9.13. The summed E-state index contributed by atoms with van der Waals surface area (Å²) in [4.78, 5) is 0. The number of allylic oxidation sites excluding steroid dienone is 2.